The lowest BCUT2D eigenvalue weighted by Crippen LogP contribution is -2.56. The number of carbonyl (C=O) groups is 2. The molecule has 3 aromatic rings. The van der Waals surface area contributed by atoms with E-state index in [9.17, 15) is 28.7 Å². The topological polar surface area (TPSA) is 138 Å². The largest absolute Gasteiger partial charge is 0.496 e. The number of benzene rings is 1. The van der Waals surface area contributed by atoms with Crippen LogP contribution >= 0.6 is 11.3 Å². The molecule has 1 unspecified atom stereocenters. The fourth-order valence-corrected chi connectivity index (χ4v) is 5.52. The zero-order chi connectivity index (χ0) is 29.9. The van der Waals surface area contributed by atoms with Gasteiger partial charge in [-0.25, -0.2) is 18.5 Å². The number of ether oxygens (including phenoxy) is 3. The van der Waals surface area contributed by atoms with Crippen molar-refractivity contribution in [1.82, 2.24) is 14.5 Å². The third-order valence-corrected chi connectivity index (χ3v) is 7.74. The second kappa shape index (κ2) is 12.3. The maximum Gasteiger partial charge on any atom is 0.346 e. The van der Waals surface area contributed by atoms with E-state index in [-0.39, 0.29) is 46.5 Å². The molecule has 1 aromatic carbocycles. The molecule has 0 saturated heterocycles. The summed E-state index contributed by atoms with van der Waals surface area (Å²) in [6.45, 7) is 7.86. The molecule has 2 aromatic heterocycles. The number of hydrogen-bond acceptors (Lipinski definition) is 8. The van der Waals surface area contributed by atoms with Crippen molar-refractivity contribution >= 4 is 33.4 Å². The Morgan fingerprint density at radius 1 is 1.18 bits per heavy atom. The molecule has 218 valence electrons. The van der Waals surface area contributed by atoms with E-state index < -0.39 is 40.6 Å². The molecule has 40 heavy (non-hydrogen) atoms. The summed E-state index contributed by atoms with van der Waals surface area (Å²) in [4.78, 5) is 53.0. The number of carboxylic acid groups (broad SMARTS) is 1. The van der Waals surface area contributed by atoms with Crippen molar-refractivity contribution in [3.05, 3.63) is 60.9 Å². The number of nitrogens with one attached hydrogen (secondary N) is 1. The van der Waals surface area contributed by atoms with Gasteiger partial charge in [-0.3, -0.25) is 14.2 Å². The van der Waals surface area contributed by atoms with Crippen LogP contribution in [0.2, 0.25) is 0 Å². The number of thiophene rings is 1. The van der Waals surface area contributed by atoms with E-state index in [1.807, 2.05) is 0 Å². The van der Waals surface area contributed by atoms with Gasteiger partial charge < -0.3 is 24.6 Å². The number of carboxylic acids is 1. The highest BCUT2D eigenvalue weighted by Gasteiger charge is 2.36. The fraction of sp³-hybridized carbons (Fsp3) is 0.481. The Hall–Kier alpha value is -3.55. The molecule has 3 rings (SSSR count). The lowest BCUT2D eigenvalue weighted by atomic mass is 10.0. The molecule has 0 fully saturated rings. The second-order valence-corrected chi connectivity index (χ2v) is 11.0. The van der Waals surface area contributed by atoms with Crippen molar-refractivity contribution in [3.8, 4) is 5.75 Å². The average molecular weight is 580 g/mol. The highest BCUT2D eigenvalue weighted by Crippen LogP contribution is 2.33. The van der Waals surface area contributed by atoms with Crippen molar-refractivity contribution in [2.24, 2.45) is 0 Å². The van der Waals surface area contributed by atoms with E-state index in [4.69, 9.17) is 14.2 Å². The van der Waals surface area contributed by atoms with E-state index in [1.54, 1.807) is 13.8 Å². The molecule has 1 amide bonds. The molecule has 0 aliphatic carbocycles. The Bertz CT molecular complexity index is 1540. The standard InChI is InChI=1S/C27H34FN3O8S/c1-14(2)29-25(35)27(4,5)31-22(32)20-15(3)21(24(33)34)40-23(20)30(26(31)36)13-19(39-11-10-37-6)17-12-16(28)8-9-18(17)38-7/h8-9,12,14,19H,10-11,13H2,1-7H3,(H,29,35)(H,33,34). The second-order valence-electron chi connectivity index (χ2n) is 10.0. The van der Waals surface area contributed by atoms with E-state index in [0.29, 0.717) is 11.3 Å². The highest BCUT2D eigenvalue weighted by atomic mass is 32.1. The van der Waals surface area contributed by atoms with Crippen LogP contribution in [0.15, 0.2) is 27.8 Å². The van der Waals surface area contributed by atoms with E-state index >= 15 is 0 Å². The van der Waals surface area contributed by atoms with Gasteiger partial charge in [0.25, 0.3) is 5.56 Å². The van der Waals surface area contributed by atoms with Crippen molar-refractivity contribution in [2.75, 3.05) is 27.4 Å². The van der Waals surface area contributed by atoms with Gasteiger partial charge in [-0.2, -0.15) is 0 Å². The number of amides is 1. The maximum atomic E-state index is 14.4. The Morgan fingerprint density at radius 3 is 2.42 bits per heavy atom. The Morgan fingerprint density at radius 2 is 1.85 bits per heavy atom. The average Bonchev–Trinajstić information content (AvgIpc) is 3.22. The summed E-state index contributed by atoms with van der Waals surface area (Å²) in [6, 6.07) is 3.59. The Kier molecular flexibility index (Phi) is 9.54. The van der Waals surface area contributed by atoms with Crippen molar-refractivity contribution in [3.63, 3.8) is 0 Å². The molecule has 13 heteroatoms. The predicted octanol–water partition coefficient (Wildman–Crippen LogP) is 3.04. The lowest BCUT2D eigenvalue weighted by molar-refractivity contribution is -0.129. The summed E-state index contributed by atoms with van der Waals surface area (Å²) >= 11 is 0.768. The number of aromatic carboxylic acids is 1. The number of halogens is 1. The molecule has 0 radical (unpaired) electrons. The number of nitrogens with zero attached hydrogens (tertiary/aromatic N) is 2. The summed E-state index contributed by atoms with van der Waals surface area (Å²) in [5.74, 6) is -2.10. The minimum Gasteiger partial charge on any atom is -0.496 e. The number of hydrogen-bond donors (Lipinski definition) is 2. The molecule has 0 bridgehead atoms. The number of aromatic nitrogens is 2. The van der Waals surface area contributed by atoms with Gasteiger partial charge in [0.05, 0.1) is 32.3 Å². The monoisotopic (exact) mass is 579 g/mol. The van der Waals surface area contributed by atoms with Crippen LogP contribution in [0, 0.1) is 12.7 Å². The van der Waals surface area contributed by atoms with Crippen LogP contribution < -0.4 is 21.3 Å². The highest BCUT2D eigenvalue weighted by molar-refractivity contribution is 7.20. The summed E-state index contributed by atoms with van der Waals surface area (Å²) < 4.78 is 32.9. The van der Waals surface area contributed by atoms with Crippen molar-refractivity contribution < 1.29 is 33.3 Å². The van der Waals surface area contributed by atoms with Gasteiger partial charge >= 0.3 is 11.7 Å². The molecule has 0 spiro atoms. The quantitative estimate of drug-likeness (QED) is 0.312. The first kappa shape index (κ1) is 31.0. The number of rotatable bonds is 12. The van der Waals surface area contributed by atoms with Crippen molar-refractivity contribution in [2.45, 2.75) is 58.8 Å². The van der Waals surface area contributed by atoms with Crippen LogP contribution in [0.25, 0.3) is 10.2 Å². The van der Waals surface area contributed by atoms with Crippen molar-refractivity contribution in [1.29, 1.82) is 0 Å². The SMILES string of the molecule is COCCOC(Cn1c(=O)n(C(C)(C)C(=O)NC(C)C)c(=O)c2c(C)c(C(=O)O)sc21)c1cc(F)ccc1OC. The molecule has 0 saturated carbocycles. The zero-order valence-electron chi connectivity index (χ0n) is 23.5. The molecule has 0 aliphatic rings. The van der Waals surface area contributed by atoms with E-state index in [2.05, 4.69) is 5.32 Å². The smallest absolute Gasteiger partial charge is 0.346 e. The van der Waals surface area contributed by atoms with Crippen LogP contribution in [0.5, 0.6) is 5.75 Å². The van der Waals surface area contributed by atoms with E-state index in [1.165, 1.54) is 57.8 Å². The summed E-state index contributed by atoms with van der Waals surface area (Å²) in [5.41, 5.74) is -2.83. The summed E-state index contributed by atoms with van der Waals surface area (Å²) in [7, 11) is 2.89. The molecule has 1 atom stereocenters. The molecule has 0 aliphatic heterocycles. The first-order chi connectivity index (χ1) is 18.8. The number of fused-ring (bicyclic) bond motifs is 1. The normalized spacial score (nSPS) is 12.6. The number of methoxy groups -OCH3 is 2. The minimum absolute atomic E-state index is 0.00530. The predicted molar refractivity (Wildman–Crippen MR) is 148 cm³/mol. The maximum absolute atomic E-state index is 14.4. The van der Waals surface area contributed by atoms with Gasteiger partial charge in [0, 0.05) is 18.7 Å². The lowest BCUT2D eigenvalue weighted by Gasteiger charge is -2.28. The molecule has 2 heterocycles. The van der Waals surface area contributed by atoms with Gasteiger partial charge in [0.2, 0.25) is 5.91 Å². The van der Waals surface area contributed by atoms with Crippen LogP contribution in [-0.2, 0) is 26.4 Å². The van der Waals surface area contributed by atoms with E-state index in [0.717, 1.165) is 15.9 Å². The zero-order valence-corrected chi connectivity index (χ0v) is 24.3. The van der Waals surface area contributed by atoms with Gasteiger partial charge in [-0.05, 0) is 58.4 Å². The van der Waals surface area contributed by atoms with Crippen LogP contribution in [0.1, 0.15) is 54.6 Å². The van der Waals surface area contributed by atoms with Crippen LogP contribution in [0.4, 0.5) is 4.39 Å². The van der Waals surface area contributed by atoms with Gasteiger partial charge in [0.15, 0.2) is 0 Å². The van der Waals surface area contributed by atoms with Gasteiger partial charge in [-0.15, -0.1) is 11.3 Å². The summed E-state index contributed by atoms with van der Waals surface area (Å²) in [6.07, 6.45) is -0.976. The molecular formula is C27H34FN3O8S. The first-order valence-electron chi connectivity index (χ1n) is 12.5. The number of carbonyl (C=O) groups excluding carboxylic acids is 1. The van der Waals surface area contributed by atoms with Gasteiger partial charge in [0.1, 0.15) is 32.9 Å². The fourth-order valence-electron chi connectivity index (χ4n) is 4.38. The third kappa shape index (κ3) is 5.96. The molecule has 11 nitrogen and oxygen atoms in total. The summed E-state index contributed by atoms with van der Waals surface area (Å²) in [5, 5.41) is 12.5. The Balaban J connectivity index is 2.37. The first-order valence-corrected chi connectivity index (χ1v) is 13.4. The third-order valence-electron chi connectivity index (χ3n) is 6.43. The van der Waals surface area contributed by atoms with Crippen LogP contribution in [0.3, 0.4) is 0 Å². The Labute approximate surface area is 234 Å². The minimum atomic E-state index is -1.64. The molecule has 2 N–H and O–H groups in total. The van der Waals surface area contributed by atoms with Crippen LogP contribution in [-0.4, -0.2) is 59.6 Å². The number of aryl methyl sites for hydroxylation is 1. The molecular weight excluding hydrogens is 545 g/mol. The van der Waals surface area contributed by atoms with Gasteiger partial charge in [-0.1, -0.05) is 0 Å².